The highest BCUT2D eigenvalue weighted by molar-refractivity contribution is 7.89. The molecule has 2 aliphatic heterocycles. The molecule has 0 unspecified atom stereocenters. The molecule has 6 nitrogen and oxygen atoms in total. The Morgan fingerprint density at radius 3 is 2.38 bits per heavy atom. The number of aryl methyl sites for hydroxylation is 1. The molecule has 200 valence electrons. The number of sulfonamides is 1. The van der Waals surface area contributed by atoms with E-state index in [1.165, 1.54) is 6.07 Å². The highest BCUT2D eigenvalue weighted by Gasteiger charge is 2.70. The molecule has 2 saturated heterocycles. The molecule has 1 aromatic heterocycles. The Balaban J connectivity index is 1.25. The molecule has 3 aliphatic rings. The van der Waals surface area contributed by atoms with Crippen LogP contribution in [0.1, 0.15) is 37.8 Å². The number of carbonyl (C=O) groups is 1. The van der Waals surface area contributed by atoms with Gasteiger partial charge in [0.15, 0.2) is 11.6 Å². The Hall–Kier alpha value is -2.60. The normalized spacial score (nSPS) is 24.9. The molecule has 0 radical (unpaired) electrons. The summed E-state index contributed by atoms with van der Waals surface area (Å²) in [7, 11) is -4.22. The first kappa shape index (κ1) is 26.0. The van der Waals surface area contributed by atoms with Gasteiger partial charge in [-0.2, -0.15) is 4.31 Å². The van der Waals surface area contributed by atoms with Gasteiger partial charge in [-0.05, 0) is 49.6 Å². The number of nitrogens with zero attached hydrogens (tertiary/aromatic N) is 3. The number of hydrogen-bond acceptors (Lipinski definition) is 5. The number of aromatic nitrogens is 1. The molecule has 12 heteroatoms. The van der Waals surface area contributed by atoms with E-state index in [2.05, 4.69) is 4.98 Å². The Labute approximate surface area is 211 Å². The number of benzene rings is 1. The van der Waals surface area contributed by atoms with Crippen LogP contribution in [0, 0.1) is 17.0 Å². The van der Waals surface area contributed by atoms with Crippen molar-refractivity contribution in [2.24, 2.45) is 5.41 Å². The van der Waals surface area contributed by atoms with Crippen molar-refractivity contribution in [1.82, 2.24) is 9.29 Å². The van der Waals surface area contributed by atoms with Gasteiger partial charge >= 0.3 is 0 Å². The van der Waals surface area contributed by atoms with Gasteiger partial charge in [0.05, 0.1) is 22.8 Å². The third kappa shape index (κ3) is 4.85. The van der Waals surface area contributed by atoms with Crippen molar-refractivity contribution in [3.8, 4) is 0 Å². The van der Waals surface area contributed by atoms with Crippen LogP contribution >= 0.6 is 0 Å². The van der Waals surface area contributed by atoms with Crippen molar-refractivity contribution < 1.29 is 35.2 Å². The lowest BCUT2D eigenvalue weighted by molar-refractivity contribution is -0.122. The topological polar surface area (TPSA) is 70.6 Å². The number of piperidine rings is 1. The predicted octanol–water partition coefficient (Wildman–Crippen LogP) is 4.29. The summed E-state index contributed by atoms with van der Waals surface area (Å²) in [6.07, 6.45) is -0.485. The molecule has 1 spiro atoms. The predicted molar refractivity (Wildman–Crippen MR) is 125 cm³/mol. The number of Topliss-reactive ketones (excluding diaryl/α,β-unsaturated/α-hetero) is 1. The average molecular weight is 544 g/mol. The first-order chi connectivity index (χ1) is 17.4. The van der Waals surface area contributed by atoms with Crippen LogP contribution in [0.15, 0.2) is 41.4 Å². The summed E-state index contributed by atoms with van der Waals surface area (Å²) in [6.45, 7) is 0.0840. The minimum absolute atomic E-state index is 0.0693. The number of halogens is 5. The molecular weight excluding hydrogens is 517 g/mol. The Morgan fingerprint density at radius 2 is 1.76 bits per heavy atom. The third-order valence-electron chi connectivity index (χ3n) is 7.79. The number of alkyl halides is 3. The highest BCUT2D eigenvalue weighted by atomic mass is 32.2. The molecule has 0 bridgehead atoms. The van der Waals surface area contributed by atoms with E-state index in [9.17, 15) is 35.2 Å². The summed E-state index contributed by atoms with van der Waals surface area (Å²) >= 11 is 0. The number of pyridine rings is 1. The zero-order chi connectivity index (χ0) is 26.6. The molecule has 0 N–H and O–H groups in total. The van der Waals surface area contributed by atoms with Crippen LogP contribution in [-0.2, 0) is 21.2 Å². The standard InChI is InChI=1S/C25H26F5N3O3S/c26-16-1-4-19(5-2-16)37(35,36)33-14-17(27)11-22(33)23(34)6-3-18-12-21(20(28)13-31-18)32-9-7-24(8-10-32)15-25(24,29)30/h1-2,4-5,12-13,17,22H,3,6-11,14-15H2/t17-,22+/m1/s1. The number of anilines is 1. The third-order valence-corrected chi connectivity index (χ3v) is 9.68. The Kier molecular flexibility index (Phi) is 6.54. The van der Waals surface area contributed by atoms with Crippen LogP contribution in [0.2, 0.25) is 0 Å². The largest absolute Gasteiger partial charge is 0.369 e. The fraction of sp³-hybridized carbons (Fsp3) is 0.520. The van der Waals surface area contributed by atoms with E-state index in [0.29, 0.717) is 5.69 Å². The SMILES string of the molecule is O=C(CCc1cc(N2CCC3(CC2)CC3(F)F)c(F)cn1)[C@@H]1C[C@@H](F)CN1S(=O)(=O)c1ccc(F)cc1. The van der Waals surface area contributed by atoms with Gasteiger partial charge in [0.1, 0.15) is 12.0 Å². The molecule has 1 saturated carbocycles. The highest BCUT2D eigenvalue weighted by Crippen LogP contribution is 2.66. The molecular formula is C25H26F5N3O3S. The van der Waals surface area contributed by atoms with E-state index in [1.807, 2.05) is 0 Å². The second kappa shape index (κ2) is 9.30. The molecule has 1 aliphatic carbocycles. The molecule has 5 rings (SSSR count). The molecule has 1 aromatic carbocycles. The summed E-state index contributed by atoms with van der Waals surface area (Å²) in [4.78, 5) is 18.5. The van der Waals surface area contributed by atoms with Crippen molar-refractivity contribution in [2.75, 3.05) is 24.5 Å². The molecule has 0 amide bonds. The van der Waals surface area contributed by atoms with E-state index in [1.54, 1.807) is 4.90 Å². The number of carbonyl (C=O) groups excluding carboxylic acids is 1. The van der Waals surface area contributed by atoms with Crippen LogP contribution in [0.3, 0.4) is 0 Å². The van der Waals surface area contributed by atoms with E-state index >= 15 is 0 Å². The minimum Gasteiger partial charge on any atom is -0.369 e. The van der Waals surface area contributed by atoms with Crippen LogP contribution in [0.25, 0.3) is 0 Å². The van der Waals surface area contributed by atoms with Crippen molar-refractivity contribution in [3.63, 3.8) is 0 Å². The first-order valence-electron chi connectivity index (χ1n) is 12.1. The summed E-state index contributed by atoms with van der Waals surface area (Å²) in [5, 5.41) is 0. The lowest BCUT2D eigenvalue weighted by Crippen LogP contribution is -2.40. The van der Waals surface area contributed by atoms with Gasteiger partial charge < -0.3 is 4.90 Å². The van der Waals surface area contributed by atoms with Crippen molar-refractivity contribution in [3.05, 3.63) is 53.9 Å². The van der Waals surface area contributed by atoms with Gasteiger partial charge in [0.25, 0.3) is 5.92 Å². The van der Waals surface area contributed by atoms with Gasteiger partial charge in [0.2, 0.25) is 10.0 Å². The van der Waals surface area contributed by atoms with Crippen LogP contribution in [0.5, 0.6) is 0 Å². The molecule has 3 heterocycles. The first-order valence-corrected chi connectivity index (χ1v) is 13.6. The van der Waals surface area contributed by atoms with E-state index in [-0.39, 0.29) is 62.2 Å². The lowest BCUT2D eigenvalue weighted by Gasteiger charge is -2.34. The Bertz CT molecular complexity index is 1300. The van der Waals surface area contributed by atoms with Gasteiger partial charge in [-0.15, -0.1) is 0 Å². The zero-order valence-corrected chi connectivity index (χ0v) is 20.7. The van der Waals surface area contributed by atoms with Crippen molar-refractivity contribution >= 4 is 21.5 Å². The van der Waals surface area contributed by atoms with Gasteiger partial charge in [-0.3, -0.25) is 9.78 Å². The van der Waals surface area contributed by atoms with Gasteiger partial charge in [-0.25, -0.2) is 30.4 Å². The molecule has 2 aromatic rings. The average Bonchev–Trinajstić information content (AvgIpc) is 3.16. The lowest BCUT2D eigenvalue weighted by atomic mass is 9.92. The minimum atomic E-state index is -4.22. The van der Waals surface area contributed by atoms with Gasteiger partial charge in [-0.1, -0.05) is 0 Å². The quantitative estimate of drug-likeness (QED) is 0.488. The van der Waals surface area contributed by atoms with Crippen molar-refractivity contribution in [2.45, 2.75) is 61.6 Å². The second-order valence-electron chi connectivity index (χ2n) is 10.1. The Morgan fingerprint density at radius 1 is 1.11 bits per heavy atom. The fourth-order valence-corrected chi connectivity index (χ4v) is 7.07. The summed E-state index contributed by atoms with van der Waals surface area (Å²) in [6, 6.07) is 4.34. The summed E-state index contributed by atoms with van der Waals surface area (Å²) in [5.41, 5.74) is -0.371. The second-order valence-corrected chi connectivity index (χ2v) is 12.0. The summed E-state index contributed by atoms with van der Waals surface area (Å²) < 4.78 is 96.2. The van der Waals surface area contributed by atoms with Gasteiger partial charge in [0, 0.05) is 50.0 Å². The maximum absolute atomic E-state index is 14.5. The maximum atomic E-state index is 14.5. The monoisotopic (exact) mass is 543 g/mol. The smallest absolute Gasteiger partial charge is 0.254 e. The van der Waals surface area contributed by atoms with Crippen LogP contribution < -0.4 is 4.90 Å². The fourth-order valence-electron chi connectivity index (χ4n) is 5.42. The molecule has 3 fully saturated rings. The van der Waals surface area contributed by atoms with E-state index in [0.717, 1.165) is 34.8 Å². The number of rotatable bonds is 7. The zero-order valence-electron chi connectivity index (χ0n) is 19.8. The maximum Gasteiger partial charge on any atom is 0.254 e. The molecule has 2 atom stereocenters. The van der Waals surface area contributed by atoms with Crippen molar-refractivity contribution in [1.29, 1.82) is 0 Å². The summed E-state index contributed by atoms with van der Waals surface area (Å²) in [5.74, 6) is -4.38. The van der Waals surface area contributed by atoms with E-state index < -0.39 is 57.5 Å². The van der Waals surface area contributed by atoms with Crippen LogP contribution in [0.4, 0.5) is 27.6 Å². The van der Waals surface area contributed by atoms with Crippen LogP contribution in [-0.4, -0.2) is 61.3 Å². The number of ketones is 1. The van der Waals surface area contributed by atoms with E-state index in [4.69, 9.17) is 0 Å². The number of hydrogen-bond donors (Lipinski definition) is 0. The molecule has 37 heavy (non-hydrogen) atoms.